The van der Waals surface area contributed by atoms with Crippen molar-refractivity contribution in [2.24, 2.45) is 0 Å². The maximum Gasteiger partial charge on any atom is 0.321 e. The second-order valence-corrected chi connectivity index (χ2v) is 5.62. The van der Waals surface area contributed by atoms with Crippen LogP contribution in [0.4, 0.5) is 9.93 Å². The minimum atomic E-state index is -0.335. The molecule has 0 aliphatic rings. The van der Waals surface area contributed by atoms with Gasteiger partial charge in [0.25, 0.3) is 0 Å². The molecule has 1 aromatic carbocycles. The summed E-state index contributed by atoms with van der Waals surface area (Å²) in [4.78, 5) is 21.2. The van der Waals surface area contributed by atoms with Crippen molar-refractivity contribution in [2.75, 3.05) is 5.32 Å². The minimum absolute atomic E-state index is 0.268. The summed E-state index contributed by atoms with van der Waals surface area (Å²) in [5.41, 5.74) is 1.07. The lowest BCUT2D eigenvalue weighted by atomic mass is 10.2. The smallest absolute Gasteiger partial charge is 0.321 e. The van der Waals surface area contributed by atoms with Crippen molar-refractivity contribution in [3.05, 3.63) is 48.7 Å². The average Bonchev–Trinajstić information content (AvgIpc) is 3.19. The van der Waals surface area contributed by atoms with Gasteiger partial charge in [-0.15, -0.1) is 0 Å². The Morgan fingerprint density at radius 3 is 2.82 bits per heavy atom. The molecule has 8 heteroatoms. The molecule has 0 fully saturated rings. The van der Waals surface area contributed by atoms with Gasteiger partial charge in [0.15, 0.2) is 5.13 Å². The highest BCUT2D eigenvalue weighted by Crippen LogP contribution is 2.28. The summed E-state index contributed by atoms with van der Waals surface area (Å²) in [6, 6.07) is 9.30. The van der Waals surface area contributed by atoms with E-state index >= 15 is 0 Å². The number of rotatable bonds is 4. The number of nitrogens with one attached hydrogen (secondary N) is 3. The Morgan fingerprint density at radius 1 is 1.27 bits per heavy atom. The third kappa shape index (κ3) is 3.29. The minimum Gasteiger partial charge on any atom is -0.328 e. The van der Waals surface area contributed by atoms with Crippen LogP contribution in [-0.4, -0.2) is 26.2 Å². The molecule has 0 aliphatic carbocycles. The van der Waals surface area contributed by atoms with E-state index in [0.29, 0.717) is 11.0 Å². The maximum absolute atomic E-state index is 11.9. The number of H-pyrrole nitrogens is 1. The van der Waals surface area contributed by atoms with Gasteiger partial charge in [0.1, 0.15) is 12.2 Å². The van der Waals surface area contributed by atoms with Crippen molar-refractivity contribution in [2.45, 2.75) is 13.0 Å². The molecule has 0 spiro atoms. The number of hydrogen-bond acceptors (Lipinski definition) is 5. The standard InChI is InChI=1S/C14H14N6OS/c1-9(12-16-8-17-20-12)18-13(21)19-14-15-7-11(22-14)10-5-3-2-4-6-10/h2-9H,1H3,(H,16,17,20)(H2,15,18,19,21)/t9-/m0/s1. The van der Waals surface area contributed by atoms with E-state index in [0.717, 1.165) is 10.4 Å². The molecule has 3 aromatic rings. The molecule has 22 heavy (non-hydrogen) atoms. The van der Waals surface area contributed by atoms with Gasteiger partial charge in [-0.05, 0) is 12.5 Å². The van der Waals surface area contributed by atoms with E-state index in [9.17, 15) is 4.79 Å². The zero-order chi connectivity index (χ0) is 15.4. The van der Waals surface area contributed by atoms with Crippen molar-refractivity contribution in [3.8, 4) is 10.4 Å². The predicted octanol–water partition coefficient (Wildman–Crippen LogP) is 2.81. The van der Waals surface area contributed by atoms with E-state index < -0.39 is 0 Å². The van der Waals surface area contributed by atoms with Gasteiger partial charge in [0.2, 0.25) is 0 Å². The Labute approximate surface area is 130 Å². The number of aromatic nitrogens is 4. The van der Waals surface area contributed by atoms with Crippen LogP contribution < -0.4 is 10.6 Å². The summed E-state index contributed by atoms with van der Waals surface area (Å²) in [6.07, 6.45) is 3.15. The third-order valence-electron chi connectivity index (χ3n) is 2.98. The van der Waals surface area contributed by atoms with Crippen molar-refractivity contribution >= 4 is 22.5 Å². The lowest BCUT2D eigenvalue weighted by Gasteiger charge is -2.10. The monoisotopic (exact) mass is 314 g/mol. The van der Waals surface area contributed by atoms with Crippen LogP contribution >= 0.6 is 11.3 Å². The lowest BCUT2D eigenvalue weighted by Crippen LogP contribution is -2.31. The summed E-state index contributed by atoms with van der Waals surface area (Å²) >= 11 is 1.42. The molecular formula is C14H14N6OS. The summed E-state index contributed by atoms with van der Waals surface area (Å²) in [5, 5.41) is 12.5. The van der Waals surface area contributed by atoms with Gasteiger partial charge in [-0.1, -0.05) is 41.7 Å². The molecule has 0 saturated carbocycles. The Kier molecular flexibility index (Phi) is 4.10. The number of anilines is 1. The first-order chi connectivity index (χ1) is 10.7. The van der Waals surface area contributed by atoms with Crippen LogP contribution in [0.5, 0.6) is 0 Å². The number of urea groups is 1. The van der Waals surface area contributed by atoms with E-state index in [1.165, 1.54) is 17.7 Å². The molecule has 0 bridgehead atoms. The van der Waals surface area contributed by atoms with Gasteiger partial charge in [0, 0.05) is 6.20 Å². The number of hydrogen-bond donors (Lipinski definition) is 3. The van der Waals surface area contributed by atoms with Gasteiger partial charge in [0.05, 0.1) is 10.9 Å². The predicted molar refractivity (Wildman–Crippen MR) is 84.5 cm³/mol. The molecule has 0 radical (unpaired) electrons. The number of aromatic amines is 1. The van der Waals surface area contributed by atoms with Crippen molar-refractivity contribution in [3.63, 3.8) is 0 Å². The molecule has 2 amide bonds. The Morgan fingerprint density at radius 2 is 2.09 bits per heavy atom. The average molecular weight is 314 g/mol. The van der Waals surface area contributed by atoms with Crippen LogP contribution in [0, 0.1) is 0 Å². The Hall–Kier alpha value is -2.74. The summed E-state index contributed by atoms with van der Waals surface area (Å²) in [6.45, 7) is 1.82. The molecule has 2 aromatic heterocycles. The fraction of sp³-hybridized carbons (Fsp3) is 0.143. The molecule has 3 rings (SSSR count). The van der Waals surface area contributed by atoms with E-state index in [1.54, 1.807) is 6.20 Å². The van der Waals surface area contributed by atoms with Gasteiger partial charge in [-0.3, -0.25) is 10.4 Å². The number of benzene rings is 1. The number of carbonyl (C=O) groups excluding carboxylic acids is 1. The highest BCUT2D eigenvalue weighted by molar-refractivity contribution is 7.19. The van der Waals surface area contributed by atoms with Crippen LogP contribution in [-0.2, 0) is 0 Å². The second kappa shape index (κ2) is 6.35. The zero-order valence-electron chi connectivity index (χ0n) is 11.8. The van der Waals surface area contributed by atoms with Crippen LogP contribution in [0.15, 0.2) is 42.9 Å². The number of nitrogens with zero attached hydrogens (tertiary/aromatic N) is 3. The van der Waals surface area contributed by atoms with Gasteiger partial charge in [-0.25, -0.2) is 14.8 Å². The fourth-order valence-corrected chi connectivity index (χ4v) is 2.71. The van der Waals surface area contributed by atoms with Crippen LogP contribution in [0.1, 0.15) is 18.8 Å². The summed E-state index contributed by atoms with van der Waals surface area (Å²) < 4.78 is 0. The maximum atomic E-state index is 11.9. The van der Waals surface area contributed by atoms with E-state index in [-0.39, 0.29) is 12.1 Å². The van der Waals surface area contributed by atoms with E-state index in [2.05, 4.69) is 30.8 Å². The lowest BCUT2D eigenvalue weighted by molar-refractivity contribution is 0.249. The molecule has 0 saturated heterocycles. The number of carbonyl (C=O) groups is 1. The fourth-order valence-electron chi connectivity index (χ4n) is 1.89. The summed E-state index contributed by atoms with van der Waals surface area (Å²) in [5.74, 6) is 0.597. The highest BCUT2D eigenvalue weighted by Gasteiger charge is 2.13. The summed E-state index contributed by atoms with van der Waals surface area (Å²) in [7, 11) is 0. The topological polar surface area (TPSA) is 95.6 Å². The molecule has 0 aliphatic heterocycles. The number of thiazole rings is 1. The largest absolute Gasteiger partial charge is 0.328 e. The SMILES string of the molecule is C[C@H](NC(=O)Nc1ncc(-c2ccccc2)s1)c1ncn[nH]1. The van der Waals surface area contributed by atoms with Gasteiger partial charge >= 0.3 is 6.03 Å². The molecule has 2 heterocycles. The quantitative estimate of drug-likeness (QED) is 0.690. The first-order valence-corrected chi connectivity index (χ1v) is 7.48. The van der Waals surface area contributed by atoms with Gasteiger partial charge < -0.3 is 5.32 Å². The van der Waals surface area contributed by atoms with Gasteiger partial charge in [-0.2, -0.15) is 5.10 Å². The highest BCUT2D eigenvalue weighted by atomic mass is 32.1. The molecule has 112 valence electrons. The Bertz CT molecular complexity index is 740. The van der Waals surface area contributed by atoms with Crippen molar-refractivity contribution in [1.82, 2.24) is 25.5 Å². The molecule has 7 nitrogen and oxygen atoms in total. The Balaban J connectivity index is 1.62. The first kappa shape index (κ1) is 14.2. The van der Waals surface area contributed by atoms with Crippen LogP contribution in [0.25, 0.3) is 10.4 Å². The van der Waals surface area contributed by atoms with E-state index in [1.807, 2.05) is 37.3 Å². The van der Waals surface area contributed by atoms with Crippen molar-refractivity contribution < 1.29 is 4.79 Å². The third-order valence-corrected chi connectivity index (χ3v) is 3.94. The van der Waals surface area contributed by atoms with Crippen molar-refractivity contribution in [1.29, 1.82) is 0 Å². The van der Waals surface area contributed by atoms with E-state index in [4.69, 9.17) is 0 Å². The van der Waals surface area contributed by atoms with Crippen LogP contribution in [0.3, 0.4) is 0 Å². The zero-order valence-corrected chi connectivity index (χ0v) is 12.6. The number of amides is 2. The normalized spacial score (nSPS) is 11.9. The van der Waals surface area contributed by atoms with Crippen LogP contribution in [0.2, 0.25) is 0 Å². The molecular weight excluding hydrogens is 300 g/mol. The molecule has 0 unspecified atom stereocenters. The first-order valence-electron chi connectivity index (χ1n) is 6.66. The second-order valence-electron chi connectivity index (χ2n) is 4.59. The molecule has 3 N–H and O–H groups in total. The molecule has 1 atom stereocenters.